The van der Waals surface area contributed by atoms with Gasteiger partial charge in [0.25, 0.3) is 0 Å². The van der Waals surface area contributed by atoms with Gasteiger partial charge in [0.1, 0.15) is 0 Å². The summed E-state index contributed by atoms with van der Waals surface area (Å²) in [6, 6.07) is -0.107. The van der Waals surface area contributed by atoms with Crippen molar-refractivity contribution in [3.05, 3.63) is 38.3 Å². The average molecular weight is 314 g/mol. The monoisotopic (exact) mass is 313 g/mol. The van der Waals surface area contributed by atoms with E-state index in [0.717, 1.165) is 23.1 Å². The molecule has 0 aromatic carbocycles. The maximum absolute atomic E-state index is 6.35. The van der Waals surface area contributed by atoms with Crippen LogP contribution in [0.2, 0.25) is 0 Å². The Bertz CT molecular complexity index is 504. The van der Waals surface area contributed by atoms with Gasteiger partial charge in [-0.05, 0) is 51.2 Å². The van der Waals surface area contributed by atoms with Crippen LogP contribution >= 0.6 is 27.3 Å². The smallest absolute Gasteiger partial charge is 0.0745 e. The van der Waals surface area contributed by atoms with Crippen LogP contribution in [0, 0.1) is 6.92 Å². The molecule has 0 aliphatic rings. The number of hydrogen-bond acceptors (Lipinski definition) is 3. The number of nitrogens with two attached hydrogens (primary N) is 1. The summed E-state index contributed by atoms with van der Waals surface area (Å²) in [6.07, 6.45) is 2.88. The zero-order valence-corrected chi connectivity index (χ0v) is 12.4. The number of aryl methyl sites for hydroxylation is 2. The summed E-state index contributed by atoms with van der Waals surface area (Å²) in [5, 5.41) is 8.61. The van der Waals surface area contributed by atoms with Crippen molar-refractivity contribution >= 4 is 27.3 Å². The lowest BCUT2D eigenvalue weighted by molar-refractivity contribution is 0.558. The average Bonchev–Trinajstić information content (AvgIpc) is 2.86. The fourth-order valence-corrected chi connectivity index (χ4v) is 3.34. The predicted octanol–water partition coefficient (Wildman–Crippen LogP) is 3.47. The first-order chi connectivity index (χ1) is 8.15. The van der Waals surface area contributed by atoms with E-state index in [-0.39, 0.29) is 6.04 Å². The molecule has 2 N–H and O–H groups in total. The molecule has 0 amide bonds. The highest BCUT2D eigenvalue weighted by atomic mass is 79.9. The molecule has 0 saturated heterocycles. The topological polar surface area (TPSA) is 43.8 Å². The van der Waals surface area contributed by atoms with E-state index in [0.29, 0.717) is 0 Å². The Labute approximate surface area is 114 Å². The fourth-order valence-electron chi connectivity index (χ4n) is 1.91. The maximum atomic E-state index is 6.35. The molecule has 92 valence electrons. The van der Waals surface area contributed by atoms with Crippen LogP contribution in [0.3, 0.4) is 0 Å². The lowest BCUT2D eigenvalue weighted by atomic mass is 10.0. The number of nitrogens with zero attached hydrogens (tertiary/aromatic N) is 2. The molecular formula is C12H16BrN3S. The summed E-state index contributed by atoms with van der Waals surface area (Å²) in [5.41, 5.74) is 9.85. The first-order valence-corrected chi connectivity index (χ1v) is 7.38. The molecule has 0 aliphatic heterocycles. The van der Waals surface area contributed by atoms with Crippen molar-refractivity contribution in [3.8, 4) is 0 Å². The molecule has 0 spiro atoms. The standard InChI is InChI=1S/C12H16BrN3S/c1-3-4-16-12(10(13)5-15-16)11(14)9-7-17-6-8(9)2/h5-7,11H,3-4,14H2,1-2H3. The van der Waals surface area contributed by atoms with Crippen LogP contribution in [0.5, 0.6) is 0 Å². The van der Waals surface area contributed by atoms with Crippen LogP contribution in [0.15, 0.2) is 21.4 Å². The Hall–Kier alpha value is -0.650. The number of halogens is 1. The van der Waals surface area contributed by atoms with Crippen LogP contribution in [-0.4, -0.2) is 9.78 Å². The molecule has 1 unspecified atom stereocenters. The summed E-state index contributed by atoms with van der Waals surface area (Å²) in [5.74, 6) is 0. The molecule has 0 aliphatic carbocycles. The molecule has 2 rings (SSSR count). The van der Waals surface area contributed by atoms with Crippen molar-refractivity contribution in [2.24, 2.45) is 5.73 Å². The summed E-state index contributed by atoms with van der Waals surface area (Å²) in [4.78, 5) is 0. The van der Waals surface area contributed by atoms with Crippen molar-refractivity contribution in [2.45, 2.75) is 32.9 Å². The minimum absolute atomic E-state index is 0.107. The van der Waals surface area contributed by atoms with Gasteiger partial charge >= 0.3 is 0 Å². The van der Waals surface area contributed by atoms with Gasteiger partial charge in [0.05, 0.1) is 22.4 Å². The van der Waals surface area contributed by atoms with E-state index in [4.69, 9.17) is 5.73 Å². The van der Waals surface area contributed by atoms with E-state index < -0.39 is 0 Å². The van der Waals surface area contributed by atoms with Gasteiger partial charge in [0.15, 0.2) is 0 Å². The molecule has 0 radical (unpaired) electrons. The number of thiophene rings is 1. The molecular weight excluding hydrogens is 298 g/mol. The van der Waals surface area contributed by atoms with Gasteiger partial charge in [0, 0.05) is 6.54 Å². The van der Waals surface area contributed by atoms with Crippen molar-refractivity contribution in [3.63, 3.8) is 0 Å². The summed E-state index contributed by atoms with van der Waals surface area (Å²) >= 11 is 5.23. The Morgan fingerprint density at radius 1 is 1.53 bits per heavy atom. The zero-order valence-electron chi connectivity index (χ0n) is 9.98. The minimum Gasteiger partial charge on any atom is -0.319 e. The third-order valence-electron chi connectivity index (χ3n) is 2.79. The van der Waals surface area contributed by atoms with Gasteiger partial charge in [-0.25, -0.2) is 0 Å². The molecule has 0 bridgehead atoms. The second-order valence-corrected chi connectivity index (χ2v) is 5.69. The van der Waals surface area contributed by atoms with Crippen LogP contribution < -0.4 is 5.73 Å². The van der Waals surface area contributed by atoms with Crippen molar-refractivity contribution in [1.82, 2.24) is 9.78 Å². The number of aromatic nitrogens is 2. The first-order valence-electron chi connectivity index (χ1n) is 5.64. The summed E-state index contributed by atoms with van der Waals surface area (Å²) < 4.78 is 2.98. The Kier molecular flexibility index (Phi) is 4.01. The highest BCUT2D eigenvalue weighted by molar-refractivity contribution is 9.10. The lowest BCUT2D eigenvalue weighted by Gasteiger charge is -2.15. The van der Waals surface area contributed by atoms with Gasteiger partial charge in [-0.15, -0.1) is 0 Å². The lowest BCUT2D eigenvalue weighted by Crippen LogP contribution is -2.18. The van der Waals surface area contributed by atoms with E-state index >= 15 is 0 Å². The van der Waals surface area contributed by atoms with Crippen molar-refractivity contribution in [1.29, 1.82) is 0 Å². The molecule has 0 fully saturated rings. The van der Waals surface area contributed by atoms with Gasteiger partial charge in [-0.1, -0.05) is 6.92 Å². The van der Waals surface area contributed by atoms with E-state index in [9.17, 15) is 0 Å². The second-order valence-electron chi connectivity index (χ2n) is 4.09. The highest BCUT2D eigenvalue weighted by Gasteiger charge is 2.19. The SMILES string of the molecule is CCCn1ncc(Br)c1C(N)c1cscc1C. The Morgan fingerprint density at radius 2 is 2.29 bits per heavy atom. The summed E-state index contributed by atoms with van der Waals surface area (Å²) in [7, 11) is 0. The van der Waals surface area contributed by atoms with Gasteiger partial charge in [-0.2, -0.15) is 16.4 Å². The predicted molar refractivity (Wildman–Crippen MR) is 75.3 cm³/mol. The molecule has 2 aromatic rings. The van der Waals surface area contributed by atoms with Crippen LogP contribution in [0.4, 0.5) is 0 Å². The van der Waals surface area contributed by atoms with Gasteiger partial charge in [0.2, 0.25) is 0 Å². The first kappa shape index (κ1) is 12.8. The number of rotatable bonds is 4. The largest absolute Gasteiger partial charge is 0.319 e. The van der Waals surface area contributed by atoms with Crippen LogP contribution in [0.1, 0.15) is 36.2 Å². The minimum atomic E-state index is -0.107. The van der Waals surface area contributed by atoms with E-state index in [1.54, 1.807) is 11.3 Å². The third-order valence-corrected chi connectivity index (χ3v) is 4.28. The molecule has 2 aromatic heterocycles. The van der Waals surface area contributed by atoms with Crippen molar-refractivity contribution in [2.75, 3.05) is 0 Å². The molecule has 2 heterocycles. The molecule has 1 atom stereocenters. The molecule has 5 heteroatoms. The van der Waals surface area contributed by atoms with E-state index in [1.165, 1.54) is 11.1 Å². The van der Waals surface area contributed by atoms with Crippen molar-refractivity contribution < 1.29 is 0 Å². The normalized spacial score (nSPS) is 12.9. The molecule has 17 heavy (non-hydrogen) atoms. The second kappa shape index (κ2) is 5.33. The van der Waals surface area contributed by atoms with E-state index in [1.807, 2.05) is 10.9 Å². The highest BCUT2D eigenvalue weighted by Crippen LogP contribution is 2.30. The fraction of sp³-hybridized carbons (Fsp3) is 0.417. The molecule has 0 saturated carbocycles. The summed E-state index contributed by atoms with van der Waals surface area (Å²) in [6.45, 7) is 5.14. The quantitative estimate of drug-likeness (QED) is 0.939. The maximum Gasteiger partial charge on any atom is 0.0745 e. The molecule has 3 nitrogen and oxygen atoms in total. The van der Waals surface area contributed by atoms with Crippen LogP contribution in [0.25, 0.3) is 0 Å². The van der Waals surface area contributed by atoms with Crippen LogP contribution in [-0.2, 0) is 6.54 Å². The zero-order chi connectivity index (χ0) is 12.4. The van der Waals surface area contributed by atoms with E-state index in [2.05, 4.69) is 45.6 Å². The number of hydrogen-bond donors (Lipinski definition) is 1. The van der Waals surface area contributed by atoms with Gasteiger partial charge < -0.3 is 5.73 Å². The Morgan fingerprint density at radius 3 is 2.88 bits per heavy atom. The third kappa shape index (κ3) is 2.46. The van der Waals surface area contributed by atoms with Gasteiger partial charge in [-0.3, -0.25) is 4.68 Å². The Balaban J connectivity index is 2.39.